The van der Waals surface area contributed by atoms with Crippen LogP contribution in [0.3, 0.4) is 0 Å². The van der Waals surface area contributed by atoms with Gasteiger partial charge in [0.1, 0.15) is 10.7 Å². The van der Waals surface area contributed by atoms with E-state index in [-0.39, 0.29) is 16.8 Å². The van der Waals surface area contributed by atoms with Crippen molar-refractivity contribution in [2.45, 2.75) is 49.5 Å². The molecule has 1 unspecified atom stereocenters. The predicted octanol–water partition coefficient (Wildman–Crippen LogP) is 1.96. The fourth-order valence-corrected chi connectivity index (χ4v) is 6.06. The van der Waals surface area contributed by atoms with Crippen molar-refractivity contribution in [2.75, 3.05) is 31.5 Å². The second-order valence-corrected chi connectivity index (χ2v) is 9.27. The van der Waals surface area contributed by atoms with E-state index in [4.69, 9.17) is 0 Å². The number of aryl methyl sites for hydroxylation is 1. The first-order valence-electron chi connectivity index (χ1n) is 9.31. The lowest BCUT2D eigenvalue weighted by Gasteiger charge is -2.28. The number of rotatable bonds is 4. The number of nitrogens with zero attached hydrogens (tertiary/aromatic N) is 2. The summed E-state index contributed by atoms with van der Waals surface area (Å²) in [5.74, 6) is -0.963. The molecule has 3 aliphatic rings. The third-order valence-electron chi connectivity index (χ3n) is 5.63. The van der Waals surface area contributed by atoms with E-state index in [1.165, 1.54) is 10.4 Å². The molecule has 0 radical (unpaired) electrons. The lowest BCUT2D eigenvalue weighted by atomic mass is 10.0. The summed E-state index contributed by atoms with van der Waals surface area (Å²) in [5.41, 5.74) is 1.06. The van der Waals surface area contributed by atoms with Gasteiger partial charge in [0.25, 0.3) is 0 Å². The van der Waals surface area contributed by atoms with Crippen molar-refractivity contribution in [3.63, 3.8) is 0 Å². The summed E-state index contributed by atoms with van der Waals surface area (Å²) < 4.78 is 42.4. The summed E-state index contributed by atoms with van der Waals surface area (Å²) in [6.07, 6.45) is 4.66. The van der Waals surface area contributed by atoms with E-state index in [9.17, 15) is 17.6 Å². The molecule has 1 amide bonds. The number of halogens is 1. The van der Waals surface area contributed by atoms with Gasteiger partial charge in [0.2, 0.25) is 15.9 Å². The average molecular weight is 381 g/mol. The number of carbonyl (C=O) groups is 1. The van der Waals surface area contributed by atoms with Crippen molar-refractivity contribution < 1.29 is 17.6 Å². The molecule has 0 aliphatic carbocycles. The number of benzene rings is 1. The lowest BCUT2D eigenvalue weighted by molar-refractivity contribution is -0.116. The molecular formula is C18H24FN3O3S. The number of amides is 1. The van der Waals surface area contributed by atoms with Crippen molar-refractivity contribution in [1.29, 1.82) is 0 Å². The van der Waals surface area contributed by atoms with E-state index in [0.29, 0.717) is 30.6 Å². The highest BCUT2D eigenvalue weighted by Crippen LogP contribution is 2.33. The van der Waals surface area contributed by atoms with Crippen LogP contribution in [-0.4, -0.2) is 55.8 Å². The van der Waals surface area contributed by atoms with Crippen molar-refractivity contribution in [1.82, 2.24) is 9.21 Å². The van der Waals surface area contributed by atoms with Crippen molar-refractivity contribution in [3.05, 3.63) is 23.5 Å². The van der Waals surface area contributed by atoms with Crippen molar-refractivity contribution >= 4 is 21.6 Å². The standard InChI is InChI=1S/C18H24FN3O3S/c19-15-11-16-13(5-6-18(23)20-16)10-17(15)26(24,25)22-9-3-4-14(22)12-21-7-1-2-8-21/h10-11,14H,1-9,12H2,(H,20,23). The molecule has 8 heteroatoms. The monoisotopic (exact) mass is 381 g/mol. The van der Waals surface area contributed by atoms with Gasteiger partial charge in [-0.25, -0.2) is 12.8 Å². The summed E-state index contributed by atoms with van der Waals surface area (Å²) in [7, 11) is -3.89. The fraction of sp³-hybridized carbons (Fsp3) is 0.611. The maximum atomic E-state index is 14.6. The van der Waals surface area contributed by atoms with Gasteiger partial charge >= 0.3 is 0 Å². The minimum atomic E-state index is -3.89. The molecule has 0 saturated carbocycles. The second kappa shape index (κ2) is 6.90. The number of hydrogen-bond acceptors (Lipinski definition) is 4. The highest BCUT2D eigenvalue weighted by atomic mass is 32.2. The minimum Gasteiger partial charge on any atom is -0.326 e. The van der Waals surface area contributed by atoms with Crippen molar-refractivity contribution in [2.24, 2.45) is 0 Å². The van der Waals surface area contributed by atoms with Crippen LogP contribution in [0.2, 0.25) is 0 Å². The molecule has 0 spiro atoms. The van der Waals surface area contributed by atoms with Crippen molar-refractivity contribution in [3.8, 4) is 0 Å². The van der Waals surface area contributed by atoms with Gasteiger partial charge in [-0.05, 0) is 62.9 Å². The van der Waals surface area contributed by atoms with E-state index >= 15 is 0 Å². The van der Waals surface area contributed by atoms with Gasteiger partial charge in [0.05, 0.1) is 0 Å². The Balaban J connectivity index is 1.62. The summed E-state index contributed by atoms with van der Waals surface area (Å²) in [5, 5.41) is 2.61. The van der Waals surface area contributed by atoms with Gasteiger partial charge in [-0.15, -0.1) is 0 Å². The largest absolute Gasteiger partial charge is 0.326 e. The molecule has 2 saturated heterocycles. The number of anilines is 1. The van der Waals surface area contributed by atoms with Crippen LogP contribution in [0.1, 0.15) is 37.7 Å². The first-order valence-corrected chi connectivity index (χ1v) is 10.8. The van der Waals surface area contributed by atoms with Crippen LogP contribution in [0.4, 0.5) is 10.1 Å². The molecule has 3 aliphatic heterocycles. The minimum absolute atomic E-state index is 0.0896. The number of hydrogen-bond donors (Lipinski definition) is 1. The second-order valence-electron chi connectivity index (χ2n) is 7.41. The van der Waals surface area contributed by atoms with Gasteiger partial charge < -0.3 is 10.2 Å². The third-order valence-corrected chi connectivity index (χ3v) is 7.60. The molecule has 6 nitrogen and oxygen atoms in total. The third kappa shape index (κ3) is 3.25. The molecule has 1 aromatic rings. The van der Waals surface area contributed by atoms with E-state index in [1.54, 1.807) is 0 Å². The molecule has 1 aromatic carbocycles. The highest BCUT2D eigenvalue weighted by Gasteiger charge is 2.38. The zero-order valence-corrected chi connectivity index (χ0v) is 15.5. The Morgan fingerprint density at radius 3 is 2.65 bits per heavy atom. The fourth-order valence-electron chi connectivity index (χ4n) is 4.27. The van der Waals surface area contributed by atoms with Crippen LogP contribution in [0.5, 0.6) is 0 Å². The summed E-state index contributed by atoms with van der Waals surface area (Å²) in [4.78, 5) is 13.5. The number of fused-ring (bicyclic) bond motifs is 1. The maximum absolute atomic E-state index is 14.6. The first-order chi connectivity index (χ1) is 12.4. The van der Waals surface area contributed by atoms with E-state index in [2.05, 4.69) is 10.2 Å². The Labute approximate surface area is 153 Å². The summed E-state index contributed by atoms with van der Waals surface area (Å²) in [6, 6.07) is 2.46. The van der Waals surface area contributed by atoms with Crippen LogP contribution in [0, 0.1) is 5.82 Å². The van der Waals surface area contributed by atoms with Crippen LogP contribution in [-0.2, 0) is 21.2 Å². The molecule has 4 rings (SSSR count). The van der Waals surface area contributed by atoms with Crippen LogP contribution >= 0.6 is 0 Å². The maximum Gasteiger partial charge on any atom is 0.246 e. The van der Waals surface area contributed by atoms with Crippen LogP contribution in [0.15, 0.2) is 17.0 Å². The molecule has 0 aromatic heterocycles. The Kier molecular flexibility index (Phi) is 4.75. The molecule has 2 fully saturated rings. The number of sulfonamides is 1. The summed E-state index contributed by atoms with van der Waals surface area (Å²) >= 11 is 0. The van der Waals surface area contributed by atoms with Crippen LogP contribution < -0.4 is 5.32 Å². The zero-order chi connectivity index (χ0) is 18.3. The van der Waals surface area contributed by atoms with E-state index < -0.39 is 15.8 Å². The summed E-state index contributed by atoms with van der Waals surface area (Å²) in [6.45, 7) is 3.19. The molecule has 26 heavy (non-hydrogen) atoms. The molecule has 1 N–H and O–H groups in total. The molecular weight excluding hydrogens is 357 g/mol. The SMILES string of the molecule is O=C1CCc2cc(S(=O)(=O)N3CCCC3CN3CCCC3)c(F)cc2N1. The zero-order valence-electron chi connectivity index (χ0n) is 14.7. The van der Waals surface area contributed by atoms with Crippen LogP contribution in [0.25, 0.3) is 0 Å². The Hall–Kier alpha value is -1.51. The van der Waals surface area contributed by atoms with Gasteiger partial charge in [-0.3, -0.25) is 4.79 Å². The van der Waals surface area contributed by atoms with Gasteiger partial charge in [0.15, 0.2) is 0 Å². The smallest absolute Gasteiger partial charge is 0.246 e. The molecule has 3 heterocycles. The van der Waals surface area contributed by atoms with Gasteiger partial charge in [-0.2, -0.15) is 4.31 Å². The highest BCUT2D eigenvalue weighted by molar-refractivity contribution is 7.89. The van der Waals surface area contributed by atoms with Gasteiger partial charge in [-0.1, -0.05) is 0 Å². The Morgan fingerprint density at radius 2 is 1.88 bits per heavy atom. The molecule has 142 valence electrons. The van der Waals surface area contributed by atoms with E-state index in [0.717, 1.165) is 51.4 Å². The Bertz CT molecular complexity index is 821. The predicted molar refractivity (Wildman–Crippen MR) is 95.9 cm³/mol. The first kappa shape index (κ1) is 17.9. The normalized spacial score (nSPS) is 24.7. The number of likely N-dealkylation sites (tertiary alicyclic amines) is 1. The number of carbonyl (C=O) groups excluding carboxylic acids is 1. The lowest BCUT2D eigenvalue weighted by Crippen LogP contribution is -2.42. The topological polar surface area (TPSA) is 69.7 Å². The Morgan fingerprint density at radius 1 is 1.12 bits per heavy atom. The van der Waals surface area contributed by atoms with Gasteiger partial charge in [0, 0.05) is 31.2 Å². The number of nitrogens with one attached hydrogen (secondary N) is 1. The quantitative estimate of drug-likeness (QED) is 0.866. The molecule has 0 bridgehead atoms. The molecule has 1 atom stereocenters. The van der Waals surface area contributed by atoms with E-state index in [1.807, 2.05) is 0 Å². The average Bonchev–Trinajstić information content (AvgIpc) is 3.26.